The lowest BCUT2D eigenvalue weighted by Gasteiger charge is -2.19. The molecule has 0 aliphatic carbocycles. The number of amides is 1. The van der Waals surface area contributed by atoms with E-state index in [0.29, 0.717) is 4.88 Å². The largest absolute Gasteiger partial charge is 0.497 e. The van der Waals surface area contributed by atoms with Gasteiger partial charge in [0, 0.05) is 18.5 Å². The molecule has 6 nitrogen and oxygen atoms in total. The second-order valence-electron chi connectivity index (χ2n) is 5.42. The zero-order valence-corrected chi connectivity index (χ0v) is 15.3. The van der Waals surface area contributed by atoms with Crippen LogP contribution in [0.1, 0.15) is 14.5 Å². The van der Waals surface area contributed by atoms with Crippen LogP contribution in [0.25, 0.3) is 11.1 Å². The Kier molecular flexibility index (Phi) is 6.55. The SMILES string of the molecule is COCCN(CC(=O)O)C(=O)c1cc(-c2ccc(OC)cc2)c(C)s1. The number of hydrogen-bond donors (Lipinski definition) is 1. The van der Waals surface area contributed by atoms with Crippen molar-refractivity contribution in [2.24, 2.45) is 0 Å². The van der Waals surface area contributed by atoms with Gasteiger partial charge in [-0.25, -0.2) is 0 Å². The summed E-state index contributed by atoms with van der Waals surface area (Å²) in [5.41, 5.74) is 1.94. The van der Waals surface area contributed by atoms with E-state index in [1.807, 2.05) is 37.3 Å². The highest BCUT2D eigenvalue weighted by atomic mass is 32.1. The van der Waals surface area contributed by atoms with Gasteiger partial charge >= 0.3 is 5.97 Å². The van der Waals surface area contributed by atoms with E-state index < -0.39 is 5.97 Å². The number of benzene rings is 1. The van der Waals surface area contributed by atoms with E-state index in [0.717, 1.165) is 21.8 Å². The van der Waals surface area contributed by atoms with Crippen molar-refractivity contribution in [2.75, 3.05) is 33.9 Å². The van der Waals surface area contributed by atoms with Gasteiger partial charge < -0.3 is 19.5 Å². The van der Waals surface area contributed by atoms with E-state index >= 15 is 0 Å². The summed E-state index contributed by atoms with van der Waals surface area (Å²) in [7, 11) is 3.12. The average Bonchev–Trinajstić information content (AvgIpc) is 2.99. The van der Waals surface area contributed by atoms with Gasteiger partial charge in [-0.15, -0.1) is 11.3 Å². The Hall–Kier alpha value is -2.38. The fourth-order valence-electron chi connectivity index (χ4n) is 2.42. The average molecular weight is 363 g/mol. The molecule has 1 amide bonds. The second-order valence-corrected chi connectivity index (χ2v) is 6.68. The zero-order chi connectivity index (χ0) is 18.4. The quantitative estimate of drug-likeness (QED) is 0.780. The molecule has 0 aliphatic rings. The van der Waals surface area contributed by atoms with Gasteiger partial charge in [-0.3, -0.25) is 9.59 Å². The molecule has 0 unspecified atom stereocenters. The standard InChI is InChI=1S/C18H21NO5S/c1-12-15(13-4-6-14(24-3)7-5-13)10-16(25-12)18(22)19(8-9-23-2)11-17(20)21/h4-7,10H,8-9,11H2,1-3H3,(H,20,21). The van der Waals surface area contributed by atoms with E-state index in [1.54, 1.807) is 7.11 Å². The van der Waals surface area contributed by atoms with E-state index in [1.165, 1.54) is 23.3 Å². The van der Waals surface area contributed by atoms with E-state index in [-0.39, 0.29) is 25.6 Å². The van der Waals surface area contributed by atoms with Crippen molar-refractivity contribution < 1.29 is 24.2 Å². The minimum absolute atomic E-state index is 0.233. The molecule has 0 radical (unpaired) electrons. The molecule has 0 saturated carbocycles. The molecule has 1 aromatic heterocycles. The first kappa shape index (κ1) is 19.0. The van der Waals surface area contributed by atoms with Crippen LogP contribution in [0.5, 0.6) is 5.75 Å². The minimum Gasteiger partial charge on any atom is -0.497 e. The molecule has 1 aromatic carbocycles. The third-order valence-corrected chi connectivity index (χ3v) is 4.75. The molecule has 2 rings (SSSR count). The highest BCUT2D eigenvalue weighted by Gasteiger charge is 2.21. The Morgan fingerprint density at radius 2 is 1.88 bits per heavy atom. The molecule has 0 fully saturated rings. The topological polar surface area (TPSA) is 76.1 Å². The highest BCUT2D eigenvalue weighted by molar-refractivity contribution is 7.14. The van der Waals surface area contributed by atoms with Crippen LogP contribution in [-0.4, -0.2) is 55.8 Å². The molecule has 0 bridgehead atoms. The van der Waals surface area contributed by atoms with Crippen molar-refractivity contribution in [1.82, 2.24) is 4.90 Å². The third kappa shape index (κ3) is 4.80. The summed E-state index contributed by atoms with van der Waals surface area (Å²) in [6.07, 6.45) is 0. The lowest BCUT2D eigenvalue weighted by Crippen LogP contribution is -2.37. The predicted octanol–water partition coefficient (Wildman–Crippen LogP) is 2.91. The normalized spacial score (nSPS) is 10.5. The number of carbonyl (C=O) groups is 2. The van der Waals surface area contributed by atoms with Gasteiger partial charge in [0.15, 0.2) is 0 Å². The number of carbonyl (C=O) groups excluding carboxylic acids is 1. The molecule has 0 spiro atoms. The van der Waals surface area contributed by atoms with Gasteiger partial charge in [-0.1, -0.05) is 12.1 Å². The number of thiophene rings is 1. The minimum atomic E-state index is -1.05. The Morgan fingerprint density at radius 3 is 2.44 bits per heavy atom. The van der Waals surface area contributed by atoms with Gasteiger partial charge in [0.1, 0.15) is 12.3 Å². The van der Waals surface area contributed by atoms with Gasteiger partial charge in [-0.05, 0) is 36.2 Å². The summed E-state index contributed by atoms with van der Waals surface area (Å²) in [4.78, 5) is 26.5. The van der Waals surface area contributed by atoms with Gasteiger partial charge in [0.05, 0.1) is 18.6 Å². The summed E-state index contributed by atoms with van der Waals surface area (Å²) in [5.74, 6) is -0.583. The van der Waals surface area contributed by atoms with Crippen molar-refractivity contribution >= 4 is 23.2 Å². The first-order valence-corrected chi connectivity index (χ1v) is 8.52. The van der Waals surface area contributed by atoms with Crippen LogP contribution in [0, 0.1) is 6.92 Å². The molecule has 7 heteroatoms. The van der Waals surface area contributed by atoms with E-state index in [9.17, 15) is 9.59 Å². The Morgan fingerprint density at radius 1 is 1.20 bits per heavy atom. The maximum absolute atomic E-state index is 12.7. The van der Waals surface area contributed by atoms with Crippen molar-refractivity contribution in [2.45, 2.75) is 6.92 Å². The molecule has 25 heavy (non-hydrogen) atoms. The van der Waals surface area contributed by atoms with Crippen LogP contribution in [0.4, 0.5) is 0 Å². The number of aliphatic carboxylic acids is 1. The molecule has 1 heterocycles. The summed E-state index contributed by atoms with van der Waals surface area (Å²) in [5, 5.41) is 9.02. The molecule has 134 valence electrons. The van der Waals surface area contributed by atoms with Crippen molar-refractivity contribution in [3.63, 3.8) is 0 Å². The second kappa shape index (κ2) is 8.64. The van der Waals surface area contributed by atoms with Crippen LogP contribution < -0.4 is 4.74 Å². The number of methoxy groups -OCH3 is 2. The predicted molar refractivity (Wildman–Crippen MR) is 96.5 cm³/mol. The molecule has 1 N–H and O–H groups in total. The van der Waals surface area contributed by atoms with E-state index in [2.05, 4.69) is 0 Å². The van der Waals surface area contributed by atoms with Crippen LogP contribution in [-0.2, 0) is 9.53 Å². The molecular weight excluding hydrogens is 342 g/mol. The van der Waals surface area contributed by atoms with Crippen LogP contribution in [0.15, 0.2) is 30.3 Å². The lowest BCUT2D eigenvalue weighted by atomic mass is 10.1. The zero-order valence-electron chi connectivity index (χ0n) is 14.4. The van der Waals surface area contributed by atoms with Gasteiger partial charge in [-0.2, -0.15) is 0 Å². The smallest absolute Gasteiger partial charge is 0.323 e. The summed E-state index contributed by atoms with van der Waals surface area (Å²) < 4.78 is 10.1. The van der Waals surface area contributed by atoms with Crippen LogP contribution in [0.2, 0.25) is 0 Å². The number of ether oxygens (including phenoxy) is 2. The van der Waals surface area contributed by atoms with Crippen LogP contribution >= 0.6 is 11.3 Å². The summed E-state index contributed by atoms with van der Waals surface area (Å²) in [6, 6.07) is 9.41. The maximum atomic E-state index is 12.7. The molecular formula is C18H21NO5S. The van der Waals surface area contributed by atoms with Crippen molar-refractivity contribution in [3.05, 3.63) is 40.1 Å². The fourth-order valence-corrected chi connectivity index (χ4v) is 3.43. The fraction of sp³-hybridized carbons (Fsp3) is 0.333. The number of carboxylic acids is 1. The van der Waals surface area contributed by atoms with Gasteiger partial charge in [0.2, 0.25) is 0 Å². The van der Waals surface area contributed by atoms with E-state index in [4.69, 9.17) is 14.6 Å². The number of aryl methyl sites for hydroxylation is 1. The Balaban J connectivity index is 2.26. The first-order chi connectivity index (χ1) is 12.0. The first-order valence-electron chi connectivity index (χ1n) is 7.71. The maximum Gasteiger partial charge on any atom is 0.323 e. The summed E-state index contributed by atoms with van der Waals surface area (Å²) >= 11 is 1.36. The molecule has 2 aromatic rings. The monoisotopic (exact) mass is 363 g/mol. The number of hydrogen-bond acceptors (Lipinski definition) is 5. The molecule has 0 saturated heterocycles. The lowest BCUT2D eigenvalue weighted by molar-refractivity contribution is -0.137. The third-order valence-electron chi connectivity index (χ3n) is 3.71. The Bertz CT molecular complexity index is 738. The molecule has 0 atom stereocenters. The van der Waals surface area contributed by atoms with Crippen LogP contribution in [0.3, 0.4) is 0 Å². The van der Waals surface area contributed by atoms with Gasteiger partial charge in [0.25, 0.3) is 5.91 Å². The number of carboxylic acid groups (broad SMARTS) is 1. The van der Waals surface area contributed by atoms with Crippen molar-refractivity contribution in [1.29, 1.82) is 0 Å². The molecule has 0 aliphatic heterocycles. The Labute approximate surface area is 150 Å². The summed E-state index contributed by atoms with van der Waals surface area (Å²) in [6.45, 7) is 2.11. The highest BCUT2D eigenvalue weighted by Crippen LogP contribution is 2.32. The number of nitrogens with zero attached hydrogens (tertiary/aromatic N) is 1. The van der Waals surface area contributed by atoms with Crippen molar-refractivity contribution in [3.8, 4) is 16.9 Å². The number of rotatable bonds is 8.